The Kier molecular flexibility index (Phi) is 4.51. The molecule has 0 heterocycles. The molecule has 1 atom stereocenters. The third-order valence-electron chi connectivity index (χ3n) is 2.31. The van der Waals surface area contributed by atoms with Gasteiger partial charge in [0.25, 0.3) is 0 Å². The first-order valence-corrected chi connectivity index (χ1v) is 6.19. The maximum Gasteiger partial charge on any atom is 0.126 e. The lowest BCUT2D eigenvalue weighted by Crippen LogP contribution is -2.20. The number of hydrogen-bond donors (Lipinski definition) is 1. The molecule has 1 aromatic rings. The molecule has 0 aliphatic rings. The van der Waals surface area contributed by atoms with Gasteiger partial charge in [-0.25, -0.2) is 4.39 Å². The quantitative estimate of drug-likeness (QED) is 0.894. The highest BCUT2D eigenvalue weighted by atomic mass is 79.9. The van der Waals surface area contributed by atoms with Crippen LogP contribution >= 0.6 is 15.9 Å². The summed E-state index contributed by atoms with van der Waals surface area (Å²) in [6.07, 6.45) is 0.533. The second kappa shape index (κ2) is 5.28. The van der Waals surface area contributed by atoms with Gasteiger partial charge in [0, 0.05) is 10.9 Å². The van der Waals surface area contributed by atoms with Crippen molar-refractivity contribution in [3.05, 3.63) is 34.1 Å². The largest absolute Gasteiger partial charge is 0.393 e. The highest BCUT2D eigenvalue weighted by molar-refractivity contribution is 9.10. The van der Waals surface area contributed by atoms with Crippen LogP contribution in [0.5, 0.6) is 0 Å². The molecule has 0 amide bonds. The van der Waals surface area contributed by atoms with Gasteiger partial charge in [0.05, 0.1) is 6.10 Å². The average molecular weight is 289 g/mol. The zero-order chi connectivity index (χ0) is 12.3. The highest BCUT2D eigenvalue weighted by Crippen LogP contribution is 2.24. The Morgan fingerprint density at radius 2 is 2.00 bits per heavy atom. The third-order valence-corrected chi connectivity index (χ3v) is 2.80. The maximum absolute atomic E-state index is 13.4. The summed E-state index contributed by atoms with van der Waals surface area (Å²) in [7, 11) is 0. The van der Waals surface area contributed by atoms with Crippen molar-refractivity contribution in [1.29, 1.82) is 0 Å². The molecule has 0 aliphatic carbocycles. The van der Waals surface area contributed by atoms with E-state index in [-0.39, 0.29) is 11.2 Å². The number of rotatable bonds is 3. The lowest BCUT2D eigenvalue weighted by molar-refractivity contribution is 0.120. The van der Waals surface area contributed by atoms with Crippen molar-refractivity contribution in [3.63, 3.8) is 0 Å². The summed E-state index contributed by atoms with van der Waals surface area (Å²) in [5, 5.41) is 9.87. The van der Waals surface area contributed by atoms with E-state index in [4.69, 9.17) is 0 Å². The number of benzene rings is 1. The predicted molar refractivity (Wildman–Crippen MR) is 67.9 cm³/mol. The minimum absolute atomic E-state index is 0.0574. The van der Waals surface area contributed by atoms with Crippen LogP contribution in [0.3, 0.4) is 0 Å². The summed E-state index contributed by atoms with van der Waals surface area (Å²) in [6.45, 7) is 6.19. The second-order valence-corrected chi connectivity index (χ2v) is 6.27. The van der Waals surface area contributed by atoms with Gasteiger partial charge in [0.1, 0.15) is 5.82 Å². The zero-order valence-electron chi connectivity index (χ0n) is 9.93. The van der Waals surface area contributed by atoms with Crippen molar-refractivity contribution in [1.82, 2.24) is 0 Å². The van der Waals surface area contributed by atoms with Crippen molar-refractivity contribution >= 4 is 15.9 Å². The Balaban J connectivity index is 2.69. The summed E-state index contributed by atoms with van der Waals surface area (Å²) >= 11 is 3.30. The van der Waals surface area contributed by atoms with Crippen molar-refractivity contribution in [3.8, 4) is 0 Å². The van der Waals surface area contributed by atoms with E-state index >= 15 is 0 Å². The Morgan fingerprint density at radius 3 is 2.56 bits per heavy atom. The molecule has 0 fully saturated rings. The van der Waals surface area contributed by atoms with Gasteiger partial charge in [0.15, 0.2) is 0 Å². The van der Waals surface area contributed by atoms with Crippen molar-refractivity contribution in [2.75, 3.05) is 0 Å². The molecule has 0 saturated heterocycles. The molecule has 0 spiro atoms. The molecule has 0 radical (unpaired) electrons. The normalized spacial score (nSPS) is 13.9. The molecule has 0 bridgehead atoms. The number of hydrogen-bond acceptors (Lipinski definition) is 1. The Bertz CT molecular complexity index is 357. The molecule has 0 saturated carbocycles. The standard InChI is InChI=1S/C13H18BrFO/c1-13(2,3)8-11(16)7-9-6-10(14)4-5-12(9)15/h4-6,11,16H,7-8H2,1-3H3. The molecule has 0 aliphatic heterocycles. The van der Waals surface area contributed by atoms with Gasteiger partial charge in [-0.3, -0.25) is 0 Å². The van der Waals surface area contributed by atoms with Gasteiger partial charge in [0.2, 0.25) is 0 Å². The fourth-order valence-corrected chi connectivity index (χ4v) is 2.14. The first-order chi connectivity index (χ1) is 7.28. The first kappa shape index (κ1) is 13.7. The average Bonchev–Trinajstić information content (AvgIpc) is 2.08. The Labute approximate surface area is 105 Å². The molecule has 1 N–H and O–H groups in total. The Hall–Kier alpha value is -0.410. The lowest BCUT2D eigenvalue weighted by Gasteiger charge is -2.22. The summed E-state index contributed by atoms with van der Waals surface area (Å²) in [4.78, 5) is 0. The van der Waals surface area contributed by atoms with Crippen molar-refractivity contribution in [2.24, 2.45) is 5.41 Å². The van der Waals surface area contributed by atoms with E-state index in [2.05, 4.69) is 36.7 Å². The lowest BCUT2D eigenvalue weighted by atomic mass is 9.87. The second-order valence-electron chi connectivity index (χ2n) is 5.36. The molecular weight excluding hydrogens is 271 g/mol. The van der Waals surface area contributed by atoms with Crippen LogP contribution in [0.2, 0.25) is 0 Å². The molecule has 16 heavy (non-hydrogen) atoms. The van der Waals surface area contributed by atoms with Gasteiger partial charge in [-0.2, -0.15) is 0 Å². The molecular formula is C13H18BrFO. The topological polar surface area (TPSA) is 20.2 Å². The predicted octanol–water partition coefficient (Wildman–Crippen LogP) is 3.93. The number of aliphatic hydroxyl groups excluding tert-OH is 1. The van der Waals surface area contributed by atoms with Gasteiger partial charge in [-0.05, 0) is 35.6 Å². The van der Waals surface area contributed by atoms with Crippen LogP contribution in [0.25, 0.3) is 0 Å². The van der Waals surface area contributed by atoms with Gasteiger partial charge < -0.3 is 5.11 Å². The molecule has 1 unspecified atom stereocenters. The summed E-state index contributed by atoms with van der Waals surface area (Å²) < 4.78 is 14.3. The van der Waals surface area contributed by atoms with Gasteiger partial charge >= 0.3 is 0 Å². The summed E-state index contributed by atoms with van der Waals surface area (Å²) in [5.41, 5.74) is 0.619. The highest BCUT2D eigenvalue weighted by Gasteiger charge is 2.18. The minimum Gasteiger partial charge on any atom is -0.393 e. The fraction of sp³-hybridized carbons (Fsp3) is 0.538. The monoisotopic (exact) mass is 288 g/mol. The SMILES string of the molecule is CC(C)(C)CC(O)Cc1cc(Br)ccc1F. The smallest absolute Gasteiger partial charge is 0.126 e. The van der Waals surface area contributed by atoms with Crippen LogP contribution in [0.1, 0.15) is 32.8 Å². The van der Waals surface area contributed by atoms with Crippen LogP contribution in [0.4, 0.5) is 4.39 Å². The van der Waals surface area contributed by atoms with Crippen molar-refractivity contribution in [2.45, 2.75) is 39.7 Å². The van der Waals surface area contributed by atoms with E-state index in [9.17, 15) is 9.50 Å². The van der Waals surface area contributed by atoms with Crippen LogP contribution in [-0.2, 0) is 6.42 Å². The van der Waals surface area contributed by atoms with E-state index in [0.29, 0.717) is 18.4 Å². The van der Waals surface area contributed by atoms with Crippen molar-refractivity contribution < 1.29 is 9.50 Å². The van der Waals surface area contributed by atoms with E-state index in [1.807, 2.05) is 0 Å². The van der Waals surface area contributed by atoms with Crippen LogP contribution in [0.15, 0.2) is 22.7 Å². The molecule has 3 heteroatoms. The van der Waals surface area contributed by atoms with E-state index < -0.39 is 6.10 Å². The number of aliphatic hydroxyl groups is 1. The fourth-order valence-electron chi connectivity index (χ4n) is 1.73. The van der Waals surface area contributed by atoms with Gasteiger partial charge in [-0.15, -0.1) is 0 Å². The van der Waals surface area contributed by atoms with Crippen LogP contribution < -0.4 is 0 Å². The van der Waals surface area contributed by atoms with Gasteiger partial charge in [-0.1, -0.05) is 36.7 Å². The molecule has 0 aromatic heterocycles. The first-order valence-electron chi connectivity index (χ1n) is 5.40. The minimum atomic E-state index is -0.496. The van der Waals surface area contributed by atoms with Crippen LogP contribution in [0, 0.1) is 11.2 Å². The zero-order valence-corrected chi connectivity index (χ0v) is 11.5. The number of halogens is 2. The molecule has 1 aromatic carbocycles. The van der Waals surface area contributed by atoms with E-state index in [1.165, 1.54) is 6.07 Å². The van der Waals surface area contributed by atoms with E-state index in [0.717, 1.165) is 4.47 Å². The molecule has 1 rings (SSSR count). The Morgan fingerprint density at radius 1 is 1.38 bits per heavy atom. The van der Waals surface area contributed by atoms with E-state index in [1.54, 1.807) is 12.1 Å². The summed E-state index contributed by atoms with van der Waals surface area (Å²) in [6, 6.07) is 4.80. The third kappa shape index (κ3) is 4.62. The molecule has 90 valence electrons. The van der Waals surface area contributed by atoms with Crippen LogP contribution in [-0.4, -0.2) is 11.2 Å². The maximum atomic E-state index is 13.4. The molecule has 1 nitrogen and oxygen atoms in total. The summed E-state index contributed by atoms with van der Waals surface area (Å²) in [5.74, 6) is -0.254.